The summed E-state index contributed by atoms with van der Waals surface area (Å²) in [5.74, 6) is 0. The summed E-state index contributed by atoms with van der Waals surface area (Å²) in [6.45, 7) is 10.8. The third-order valence-corrected chi connectivity index (χ3v) is 6.15. The predicted octanol–water partition coefficient (Wildman–Crippen LogP) is 1.99. The van der Waals surface area contributed by atoms with Crippen LogP contribution in [-0.2, 0) is 0 Å². The average Bonchev–Trinajstić information content (AvgIpc) is 2.45. The molecule has 4 heteroatoms. The molecule has 1 aromatic carbocycles. The fourth-order valence-electron chi connectivity index (χ4n) is 2.52. The molecule has 23 heavy (non-hydrogen) atoms. The number of hydrogen-bond donors (Lipinski definition) is 0. The molecule has 0 bridgehead atoms. The monoisotopic (exact) mass is 354 g/mol. The first-order valence-corrected chi connectivity index (χ1v) is 12.2. The van der Waals surface area contributed by atoms with Crippen LogP contribution in [0.25, 0.3) is 0 Å². The van der Waals surface area contributed by atoms with Gasteiger partial charge in [-0.3, -0.25) is 0 Å². The number of hydrogen-bond acceptors (Lipinski definition) is 1. The Morgan fingerprint density at radius 3 is 2.00 bits per heavy atom. The van der Waals surface area contributed by atoms with Gasteiger partial charge in [0.25, 0.3) is 0 Å². The fourth-order valence-corrected chi connectivity index (χ4v) is 3.88. The van der Waals surface area contributed by atoms with E-state index in [-0.39, 0.29) is 12.4 Å². The van der Waals surface area contributed by atoms with Crippen molar-refractivity contribution in [3.05, 3.63) is 29.8 Å². The highest BCUT2D eigenvalue weighted by atomic mass is 35.5. The largest absolute Gasteiger partial charge is 1.00 e. The Hall–Kier alpha value is -0.803. The number of unbranched alkanes of at least 4 members (excludes halogenated alkanes) is 4. The topological polar surface area (TPSA) is 6.25 Å². The highest BCUT2D eigenvalue weighted by molar-refractivity contribution is 6.68. The number of halogens is 1. The molecule has 0 aliphatic carbocycles. The third-order valence-electron chi connectivity index (χ3n) is 4.08. The van der Waals surface area contributed by atoms with Gasteiger partial charge in [-0.15, -0.1) is 0 Å². The van der Waals surface area contributed by atoms with E-state index in [2.05, 4.69) is 80.3 Å². The molecule has 0 spiro atoms. The van der Waals surface area contributed by atoms with Gasteiger partial charge in [-0.05, 0) is 50.3 Å². The Morgan fingerprint density at radius 1 is 0.957 bits per heavy atom. The Balaban J connectivity index is 0.00000484. The summed E-state index contributed by atoms with van der Waals surface area (Å²) < 4.78 is 2.63. The van der Waals surface area contributed by atoms with Crippen LogP contribution in [0.2, 0.25) is 19.6 Å². The van der Waals surface area contributed by atoms with Gasteiger partial charge in [0, 0.05) is 31.8 Å². The van der Waals surface area contributed by atoms with Crippen molar-refractivity contribution in [2.75, 3.05) is 25.5 Å². The summed E-state index contributed by atoms with van der Waals surface area (Å²) in [5.41, 5.74) is 2.58. The lowest BCUT2D eigenvalue weighted by Crippen LogP contribution is -3.00. The van der Waals surface area contributed by atoms with Crippen LogP contribution in [-0.4, -0.2) is 39.3 Å². The lowest BCUT2D eigenvalue weighted by molar-refractivity contribution is -0.394. The van der Waals surface area contributed by atoms with Crippen LogP contribution in [0, 0.1) is 0 Å². The second-order valence-electron chi connectivity index (χ2n) is 7.39. The maximum absolute atomic E-state index is 2.63. The van der Waals surface area contributed by atoms with E-state index in [1.54, 1.807) is 0 Å². The van der Waals surface area contributed by atoms with Crippen LogP contribution in [0.1, 0.15) is 44.6 Å². The van der Waals surface area contributed by atoms with Crippen molar-refractivity contribution in [2.45, 2.75) is 58.7 Å². The highest BCUT2D eigenvalue weighted by Crippen LogP contribution is 2.13. The lowest BCUT2D eigenvalue weighted by atomic mass is 10.1. The van der Waals surface area contributed by atoms with Gasteiger partial charge in [0.05, 0.1) is 0 Å². The summed E-state index contributed by atoms with van der Waals surface area (Å²) in [5, 5.41) is 0. The molecule has 0 unspecified atom stereocenters. The second kappa shape index (κ2) is 10.9. The van der Waals surface area contributed by atoms with Crippen molar-refractivity contribution in [3.8, 4) is 0 Å². The van der Waals surface area contributed by atoms with Gasteiger partial charge in [-0.25, -0.2) is 0 Å². The SMILES string of the molecule is CCCCCCC[N+](=Cc1ccc(N(C)C)cc1)[Si](C)(C)C.[Cl-]. The summed E-state index contributed by atoms with van der Waals surface area (Å²) in [7, 11) is 2.87. The van der Waals surface area contributed by atoms with E-state index in [9.17, 15) is 0 Å². The van der Waals surface area contributed by atoms with E-state index in [1.807, 2.05) is 0 Å². The molecule has 0 amide bonds. The van der Waals surface area contributed by atoms with E-state index in [1.165, 1.54) is 49.9 Å². The van der Waals surface area contributed by atoms with E-state index in [0.717, 1.165) is 0 Å². The fraction of sp³-hybridized carbons (Fsp3) is 0.632. The molecule has 0 heterocycles. The van der Waals surface area contributed by atoms with Crippen LogP contribution in [0.4, 0.5) is 5.69 Å². The van der Waals surface area contributed by atoms with Gasteiger partial charge in [-0.1, -0.05) is 26.2 Å². The van der Waals surface area contributed by atoms with Crippen molar-refractivity contribution >= 4 is 20.1 Å². The quantitative estimate of drug-likeness (QED) is 0.373. The van der Waals surface area contributed by atoms with Crippen LogP contribution in [0.5, 0.6) is 0 Å². The summed E-state index contributed by atoms with van der Waals surface area (Å²) >= 11 is 0. The average molecular weight is 355 g/mol. The summed E-state index contributed by atoms with van der Waals surface area (Å²) in [6, 6.07) is 8.88. The Kier molecular flexibility index (Phi) is 10.5. The molecule has 1 rings (SSSR count). The van der Waals surface area contributed by atoms with E-state index >= 15 is 0 Å². The Labute approximate surface area is 151 Å². The molecule has 0 aromatic heterocycles. The number of nitrogens with zero attached hydrogens (tertiary/aromatic N) is 2. The predicted molar refractivity (Wildman–Crippen MR) is 103 cm³/mol. The van der Waals surface area contributed by atoms with Crippen molar-refractivity contribution in [2.24, 2.45) is 0 Å². The molecule has 132 valence electrons. The molecular weight excluding hydrogens is 320 g/mol. The molecule has 0 fully saturated rings. The third kappa shape index (κ3) is 8.57. The van der Waals surface area contributed by atoms with Gasteiger partial charge in [0.2, 0.25) is 0 Å². The summed E-state index contributed by atoms with van der Waals surface area (Å²) in [6.07, 6.45) is 9.14. The minimum atomic E-state index is -1.31. The zero-order valence-electron chi connectivity index (χ0n) is 15.9. The number of benzene rings is 1. The Bertz CT molecular complexity index is 461. The van der Waals surface area contributed by atoms with Crippen molar-refractivity contribution in [1.82, 2.24) is 0 Å². The molecule has 0 saturated carbocycles. The van der Waals surface area contributed by atoms with Crippen LogP contribution in [0.3, 0.4) is 0 Å². The molecule has 0 atom stereocenters. The van der Waals surface area contributed by atoms with Crippen LogP contribution < -0.4 is 17.3 Å². The standard InChI is InChI=1S/C19H35N2Si.ClH/c1-7-8-9-10-11-16-21(22(4,5)6)17-18-12-14-19(15-13-18)20(2)3;/h12-15,17H,7-11,16H2,1-6H3;1H/q+1;/p-1. The Morgan fingerprint density at radius 2 is 1.52 bits per heavy atom. The first-order chi connectivity index (χ1) is 10.3. The van der Waals surface area contributed by atoms with Gasteiger partial charge >= 0.3 is 8.24 Å². The molecule has 0 radical (unpaired) electrons. The molecule has 0 aliphatic rings. The molecule has 1 aromatic rings. The normalized spacial score (nSPS) is 12.0. The second-order valence-corrected chi connectivity index (χ2v) is 12.3. The van der Waals surface area contributed by atoms with Crippen LogP contribution >= 0.6 is 0 Å². The van der Waals surface area contributed by atoms with E-state index in [0.29, 0.717) is 0 Å². The van der Waals surface area contributed by atoms with Crippen LogP contribution in [0.15, 0.2) is 24.3 Å². The highest BCUT2D eigenvalue weighted by Gasteiger charge is 2.29. The number of anilines is 1. The number of rotatable bonds is 9. The van der Waals surface area contributed by atoms with Gasteiger partial charge in [0.15, 0.2) is 0 Å². The molecule has 2 nitrogen and oxygen atoms in total. The zero-order chi connectivity index (χ0) is 16.6. The van der Waals surface area contributed by atoms with Crippen molar-refractivity contribution < 1.29 is 16.6 Å². The molecular formula is C19H35ClN2Si. The first-order valence-electron chi connectivity index (χ1n) is 8.73. The zero-order valence-corrected chi connectivity index (χ0v) is 17.7. The van der Waals surface area contributed by atoms with E-state index < -0.39 is 8.24 Å². The molecule has 0 aliphatic heterocycles. The summed E-state index contributed by atoms with van der Waals surface area (Å²) in [4.78, 5) is 2.15. The maximum Gasteiger partial charge on any atom is 0.348 e. The van der Waals surface area contributed by atoms with E-state index in [4.69, 9.17) is 0 Å². The minimum absolute atomic E-state index is 0. The van der Waals surface area contributed by atoms with Gasteiger partial charge < -0.3 is 21.5 Å². The molecule has 0 N–H and O–H groups in total. The maximum atomic E-state index is 2.63. The first kappa shape index (κ1) is 22.2. The van der Waals surface area contributed by atoms with Crippen molar-refractivity contribution in [1.29, 1.82) is 0 Å². The minimum Gasteiger partial charge on any atom is -1.00 e. The van der Waals surface area contributed by atoms with Gasteiger partial charge in [0.1, 0.15) is 12.8 Å². The van der Waals surface area contributed by atoms with Gasteiger partial charge in [-0.2, -0.15) is 0 Å². The smallest absolute Gasteiger partial charge is 0.348 e. The lowest BCUT2D eigenvalue weighted by Gasteiger charge is -2.16. The molecule has 0 saturated heterocycles. The van der Waals surface area contributed by atoms with Crippen molar-refractivity contribution in [3.63, 3.8) is 0 Å².